The number of anilines is 4. The second kappa shape index (κ2) is 10.2. The first-order valence-corrected chi connectivity index (χ1v) is 10.8. The maximum atomic E-state index is 12.3. The molecule has 1 aromatic carbocycles. The molecule has 0 radical (unpaired) electrons. The molecule has 0 aliphatic carbocycles. The summed E-state index contributed by atoms with van der Waals surface area (Å²) in [6.07, 6.45) is 0. The van der Waals surface area contributed by atoms with Crippen molar-refractivity contribution in [2.24, 2.45) is 0 Å². The maximum Gasteiger partial charge on any atom is 0.291 e. The van der Waals surface area contributed by atoms with Gasteiger partial charge in [0.15, 0.2) is 27.1 Å². The molecule has 0 aliphatic heterocycles. The molecular weight excluding hydrogens is 504 g/mol. The Labute approximate surface area is 193 Å². The summed E-state index contributed by atoms with van der Waals surface area (Å²) in [5.74, 6) is -1.48. The molecule has 0 atom stereocenters. The molecule has 0 fully saturated rings. The Balaban J connectivity index is 1.58. The van der Waals surface area contributed by atoms with Gasteiger partial charge in [-0.15, -0.1) is 0 Å². The van der Waals surface area contributed by atoms with E-state index in [0.717, 1.165) is 11.8 Å². The molecule has 0 unspecified atom stereocenters. The van der Waals surface area contributed by atoms with E-state index in [2.05, 4.69) is 41.8 Å². The zero-order valence-electron chi connectivity index (χ0n) is 16.5. The predicted molar refractivity (Wildman–Crippen MR) is 124 cm³/mol. The smallest absolute Gasteiger partial charge is 0.291 e. The average Bonchev–Trinajstić information content (AvgIpc) is 3.16. The van der Waals surface area contributed by atoms with E-state index in [1.165, 1.54) is 19.1 Å². The zero-order chi connectivity index (χ0) is 23.3. The summed E-state index contributed by atoms with van der Waals surface area (Å²) < 4.78 is 5.48. The highest BCUT2D eigenvalue weighted by Crippen LogP contribution is 2.20. The van der Waals surface area contributed by atoms with E-state index in [1.807, 2.05) is 0 Å². The van der Waals surface area contributed by atoms with Gasteiger partial charge in [0.2, 0.25) is 11.8 Å². The number of nitrogens with zero attached hydrogens (tertiary/aromatic N) is 1. The Morgan fingerprint density at radius 2 is 1.75 bits per heavy atom. The first-order valence-electron chi connectivity index (χ1n) is 8.98. The van der Waals surface area contributed by atoms with Gasteiger partial charge in [0.1, 0.15) is 0 Å². The largest absolute Gasteiger partial charge is 0.444 e. The lowest BCUT2D eigenvalue weighted by atomic mass is 10.3. The van der Waals surface area contributed by atoms with Crippen LogP contribution >= 0.6 is 27.7 Å². The number of rotatable bonds is 7. The molecular formula is C19H17BrN6O5S. The molecule has 0 saturated carbocycles. The number of H-pyrrole nitrogens is 1. The molecule has 0 saturated heterocycles. The highest BCUT2D eigenvalue weighted by molar-refractivity contribution is 9.10. The van der Waals surface area contributed by atoms with Crippen LogP contribution in [0.15, 0.2) is 55.4 Å². The molecule has 0 spiro atoms. The first kappa shape index (κ1) is 23.1. The molecule has 13 heteroatoms. The molecule has 2 heterocycles. The minimum Gasteiger partial charge on any atom is -0.444 e. The topological polar surface area (TPSA) is 172 Å². The minimum atomic E-state index is -0.673. The Bertz CT molecular complexity index is 1220. The van der Waals surface area contributed by atoms with Crippen molar-refractivity contribution < 1.29 is 18.8 Å². The monoisotopic (exact) mass is 520 g/mol. The number of carbonyl (C=O) groups excluding carboxylic acids is 3. The van der Waals surface area contributed by atoms with E-state index < -0.39 is 11.5 Å². The lowest BCUT2D eigenvalue weighted by molar-refractivity contribution is -0.114. The maximum absolute atomic E-state index is 12.3. The molecule has 3 aromatic rings. The van der Waals surface area contributed by atoms with Crippen LogP contribution in [0.1, 0.15) is 17.5 Å². The van der Waals surface area contributed by atoms with Crippen LogP contribution in [0.5, 0.6) is 0 Å². The van der Waals surface area contributed by atoms with Crippen molar-refractivity contribution in [2.45, 2.75) is 12.1 Å². The molecule has 32 heavy (non-hydrogen) atoms. The molecule has 2 aromatic heterocycles. The van der Waals surface area contributed by atoms with E-state index in [1.54, 1.807) is 24.3 Å². The third kappa shape index (κ3) is 6.21. The van der Waals surface area contributed by atoms with Crippen molar-refractivity contribution in [3.05, 3.63) is 57.2 Å². The van der Waals surface area contributed by atoms with E-state index in [9.17, 15) is 19.2 Å². The number of amides is 3. The average molecular weight is 521 g/mol. The molecule has 3 amide bonds. The molecule has 6 N–H and O–H groups in total. The third-order valence-electron chi connectivity index (χ3n) is 3.79. The number of nitrogens with one attached hydrogen (secondary N) is 4. The molecule has 3 rings (SSSR count). The number of hydrogen-bond acceptors (Lipinski definition) is 8. The predicted octanol–water partition coefficient (Wildman–Crippen LogP) is 2.65. The van der Waals surface area contributed by atoms with Gasteiger partial charge in [0.25, 0.3) is 11.5 Å². The number of benzene rings is 1. The minimum absolute atomic E-state index is 0.0177. The Morgan fingerprint density at radius 3 is 2.31 bits per heavy atom. The normalized spacial score (nSPS) is 10.4. The summed E-state index contributed by atoms with van der Waals surface area (Å²) >= 11 is 4.05. The lowest BCUT2D eigenvalue weighted by Crippen LogP contribution is -2.23. The number of aromatic amines is 1. The van der Waals surface area contributed by atoms with Gasteiger partial charge < -0.3 is 26.1 Å². The highest BCUT2D eigenvalue weighted by atomic mass is 79.9. The van der Waals surface area contributed by atoms with E-state index >= 15 is 0 Å². The quantitative estimate of drug-likeness (QED) is 0.233. The van der Waals surface area contributed by atoms with Gasteiger partial charge in [-0.25, -0.2) is 4.98 Å². The second-order valence-electron chi connectivity index (χ2n) is 6.28. The van der Waals surface area contributed by atoms with Crippen molar-refractivity contribution in [3.8, 4) is 0 Å². The number of thioether (sulfide) groups is 1. The van der Waals surface area contributed by atoms with Gasteiger partial charge in [-0.05, 0) is 52.3 Å². The number of hydrogen-bond donors (Lipinski definition) is 5. The lowest BCUT2D eigenvalue weighted by Gasteiger charge is -2.08. The fourth-order valence-corrected chi connectivity index (χ4v) is 3.42. The van der Waals surface area contributed by atoms with Crippen LogP contribution in [0, 0.1) is 0 Å². The van der Waals surface area contributed by atoms with Crippen molar-refractivity contribution >= 4 is 68.3 Å². The van der Waals surface area contributed by atoms with Gasteiger partial charge in [-0.2, -0.15) is 0 Å². The van der Waals surface area contributed by atoms with Crippen molar-refractivity contribution in [2.75, 3.05) is 27.4 Å². The van der Waals surface area contributed by atoms with Crippen LogP contribution < -0.4 is 27.2 Å². The van der Waals surface area contributed by atoms with Gasteiger partial charge in [0, 0.05) is 18.3 Å². The summed E-state index contributed by atoms with van der Waals surface area (Å²) in [6, 6.07) is 9.54. The Morgan fingerprint density at radius 1 is 1.09 bits per heavy atom. The summed E-state index contributed by atoms with van der Waals surface area (Å²) in [4.78, 5) is 54.1. The Hall–Kier alpha value is -3.58. The molecule has 166 valence electrons. The summed E-state index contributed by atoms with van der Waals surface area (Å²) in [5, 5.41) is 7.77. The van der Waals surface area contributed by atoms with E-state index in [0.29, 0.717) is 16.0 Å². The standard InChI is InChI=1S/C19H17BrN6O5S/c1-9(27)22-10-2-4-11(5-3-10)23-14(28)8-32-19-25-16(21)15(18(30)26-19)24-17(29)12-6-7-13(20)31-12/h2-7H,8H2,1H3,(H,22,27)(H,23,28)(H,24,29)(H3,21,25,26,30). The molecule has 0 aliphatic rings. The van der Waals surface area contributed by atoms with Gasteiger partial charge >= 0.3 is 0 Å². The number of aromatic nitrogens is 2. The van der Waals surface area contributed by atoms with Crippen LogP contribution in [-0.2, 0) is 9.59 Å². The van der Waals surface area contributed by atoms with Crippen molar-refractivity contribution in [1.29, 1.82) is 0 Å². The zero-order valence-corrected chi connectivity index (χ0v) is 18.9. The number of halogens is 1. The third-order valence-corrected chi connectivity index (χ3v) is 5.09. The number of nitrogens with two attached hydrogens (primary N) is 1. The first-order chi connectivity index (χ1) is 15.2. The van der Waals surface area contributed by atoms with E-state index in [4.69, 9.17) is 10.2 Å². The highest BCUT2D eigenvalue weighted by Gasteiger charge is 2.17. The van der Waals surface area contributed by atoms with Crippen LogP contribution in [0.2, 0.25) is 0 Å². The van der Waals surface area contributed by atoms with Crippen LogP contribution in [0.3, 0.4) is 0 Å². The number of furan rings is 1. The van der Waals surface area contributed by atoms with E-state index in [-0.39, 0.29) is 40.0 Å². The van der Waals surface area contributed by atoms with Gasteiger partial charge in [-0.3, -0.25) is 24.2 Å². The molecule has 0 bridgehead atoms. The summed E-state index contributed by atoms with van der Waals surface area (Å²) in [7, 11) is 0. The van der Waals surface area contributed by atoms with Crippen LogP contribution in [0.25, 0.3) is 0 Å². The van der Waals surface area contributed by atoms with Crippen molar-refractivity contribution in [1.82, 2.24) is 9.97 Å². The fourth-order valence-electron chi connectivity index (χ4n) is 2.44. The number of nitrogen functional groups attached to an aromatic ring is 1. The van der Waals surface area contributed by atoms with Gasteiger partial charge in [0.05, 0.1) is 5.75 Å². The van der Waals surface area contributed by atoms with Crippen molar-refractivity contribution in [3.63, 3.8) is 0 Å². The van der Waals surface area contributed by atoms with Crippen LogP contribution in [0.4, 0.5) is 22.9 Å². The molecule has 11 nitrogen and oxygen atoms in total. The van der Waals surface area contributed by atoms with Gasteiger partial charge in [-0.1, -0.05) is 11.8 Å². The second-order valence-corrected chi connectivity index (χ2v) is 8.03. The SMILES string of the molecule is CC(=O)Nc1ccc(NC(=O)CSc2nc(N)c(NC(=O)c3ccc(Br)o3)c(=O)[nH]2)cc1. The summed E-state index contributed by atoms with van der Waals surface area (Å²) in [5.41, 5.74) is 6.04. The Kier molecular flexibility index (Phi) is 7.33. The fraction of sp³-hybridized carbons (Fsp3) is 0.105. The number of carbonyl (C=O) groups is 3. The van der Waals surface area contributed by atoms with Crippen LogP contribution in [-0.4, -0.2) is 33.4 Å². The summed E-state index contributed by atoms with van der Waals surface area (Å²) in [6.45, 7) is 1.40.